The summed E-state index contributed by atoms with van der Waals surface area (Å²) in [6, 6.07) is 21.5. The van der Waals surface area contributed by atoms with Crippen molar-refractivity contribution >= 4 is 52.1 Å². The molecule has 78 heavy (non-hydrogen) atoms. The number of ether oxygens (including phenoxy) is 4. The highest BCUT2D eigenvalue weighted by atomic mass is 16.6. The van der Waals surface area contributed by atoms with Gasteiger partial charge in [-0.2, -0.15) is 0 Å². The summed E-state index contributed by atoms with van der Waals surface area (Å²) in [5.74, 6) is -1.86. The number of hydrogen-bond acceptors (Lipinski definition) is 18. The average molecular weight is 1080 g/mol. The van der Waals surface area contributed by atoms with Crippen LogP contribution in [0.4, 0.5) is 9.59 Å². The number of esters is 2. The number of carbonyl (C=O) groups is 5. The first-order chi connectivity index (χ1) is 37.0. The van der Waals surface area contributed by atoms with Crippen LogP contribution in [0.15, 0.2) is 87.2 Å². The smallest absolute Gasteiger partial charge is 0.408 e. The van der Waals surface area contributed by atoms with E-state index in [-0.39, 0.29) is 50.4 Å². The van der Waals surface area contributed by atoms with Crippen molar-refractivity contribution in [2.45, 2.75) is 105 Å². The van der Waals surface area contributed by atoms with Gasteiger partial charge in [-0.05, 0) is 71.2 Å². The number of aryl methyl sites for hydroxylation is 2. The molecule has 0 aliphatic carbocycles. The predicted molar refractivity (Wildman–Crippen MR) is 279 cm³/mol. The molecular formula is C52H60N12O14. The van der Waals surface area contributed by atoms with Crippen molar-refractivity contribution < 1.29 is 53.1 Å². The van der Waals surface area contributed by atoms with E-state index in [9.17, 15) is 48.6 Å². The second-order valence-electron chi connectivity index (χ2n) is 19.9. The zero-order valence-electron chi connectivity index (χ0n) is 44.0. The van der Waals surface area contributed by atoms with Crippen LogP contribution in [0.5, 0.6) is 11.5 Å². The Balaban J connectivity index is 0.875. The summed E-state index contributed by atoms with van der Waals surface area (Å²) in [7, 11) is 0. The summed E-state index contributed by atoms with van der Waals surface area (Å²) >= 11 is 0. The third kappa shape index (κ3) is 13.9. The molecule has 0 saturated heterocycles. The minimum absolute atomic E-state index is 0.00174. The van der Waals surface area contributed by atoms with Crippen molar-refractivity contribution in [3.8, 4) is 22.9 Å². The highest BCUT2D eigenvalue weighted by Gasteiger charge is 2.26. The Labute approximate surface area is 444 Å². The Morgan fingerprint density at radius 1 is 0.500 bits per heavy atom. The number of phenolic OH excluding ortho intramolecular Hbond substituents is 2. The van der Waals surface area contributed by atoms with Crippen molar-refractivity contribution in [2.24, 2.45) is 0 Å². The SMILES string of the molecule is CC(=O)NCn1c(=O)n(CNC(=O)OCCOC(=O)CCc2cc(-n3nc4ccccc4n3)c(O)c(C(C)(C)C)c2)c(=O)n(CNC(=O)OCCOC(=O)CCc2cc(-n3nc4ccccc4n3)c(O)c(C(C)(C)C)c2)c1=O. The molecule has 0 saturated carbocycles. The zero-order valence-corrected chi connectivity index (χ0v) is 44.0. The van der Waals surface area contributed by atoms with E-state index in [2.05, 4.69) is 36.3 Å². The number of hydrogen-bond donors (Lipinski definition) is 5. The molecule has 0 aliphatic rings. The van der Waals surface area contributed by atoms with Gasteiger partial charge in [0.15, 0.2) is 0 Å². The van der Waals surface area contributed by atoms with Crippen LogP contribution < -0.4 is 33.0 Å². The first-order valence-electron chi connectivity index (χ1n) is 24.7. The molecule has 4 aromatic carbocycles. The standard InChI is InChI=1S/C52H60N12O14/c1-31(65)53-28-60-48(72)61(29-54-46(70)77-22-20-75-42(66)18-16-32-24-34(51(2,3)4)44(68)40(26-32)63-56-36-12-8-9-13-37(36)57-63)50(74)62(49(60)73)30-55-47(71)78-23-21-76-43(67)19-17-33-25-35(52(5,6)7)45(69)41(27-33)64-58-38-14-10-11-15-39(38)59-64/h8-15,24-27,68-69H,16-23,28-30H2,1-7H3,(H,53,65)(H,54,70)(H,55,71). The molecule has 0 aliphatic heterocycles. The fourth-order valence-corrected chi connectivity index (χ4v) is 7.91. The lowest BCUT2D eigenvalue weighted by molar-refractivity contribution is -0.145. The summed E-state index contributed by atoms with van der Waals surface area (Å²) in [5.41, 5.74) is 1.15. The summed E-state index contributed by atoms with van der Waals surface area (Å²) in [6.07, 6.45) is -1.99. The van der Waals surface area contributed by atoms with E-state index < -0.39 is 91.2 Å². The average Bonchev–Trinajstić information content (AvgIpc) is 4.14. The van der Waals surface area contributed by atoms with E-state index in [0.717, 1.165) is 6.92 Å². The number of aromatic hydroxyl groups is 2. The summed E-state index contributed by atoms with van der Waals surface area (Å²) in [4.78, 5) is 105. The van der Waals surface area contributed by atoms with Crippen molar-refractivity contribution in [2.75, 3.05) is 26.4 Å². The quantitative estimate of drug-likeness (QED) is 0.0414. The molecule has 0 fully saturated rings. The van der Waals surface area contributed by atoms with Crippen molar-refractivity contribution in [3.05, 3.63) is 127 Å². The first-order valence-corrected chi connectivity index (χ1v) is 24.7. The fraction of sp³-hybridized carbons (Fsp3) is 0.385. The molecule has 26 nitrogen and oxygen atoms in total. The van der Waals surface area contributed by atoms with Gasteiger partial charge in [0, 0.05) is 30.9 Å². The molecule has 7 aromatic rings. The Kier molecular flexibility index (Phi) is 17.4. The van der Waals surface area contributed by atoms with E-state index in [0.29, 0.717) is 69.4 Å². The summed E-state index contributed by atoms with van der Waals surface area (Å²) in [6.45, 7) is 8.80. The lowest BCUT2D eigenvalue weighted by Crippen LogP contribution is -2.58. The van der Waals surface area contributed by atoms with Crippen LogP contribution in [0, 0.1) is 0 Å². The predicted octanol–water partition coefficient (Wildman–Crippen LogP) is 3.46. The van der Waals surface area contributed by atoms with E-state index in [1.165, 1.54) is 9.59 Å². The number of nitrogens with zero attached hydrogens (tertiary/aromatic N) is 9. The molecule has 0 unspecified atom stereocenters. The van der Waals surface area contributed by atoms with Gasteiger partial charge in [-0.15, -0.1) is 30.0 Å². The zero-order chi connectivity index (χ0) is 56.5. The third-order valence-electron chi connectivity index (χ3n) is 11.9. The van der Waals surface area contributed by atoms with Gasteiger partial charge in [-0.25, -0.2) is 37.7 Å². The maximum Gasteiger partial charge on any atom is 0.408 e. The lowest BCUT2D eigenvalue weighted by atomic mass is 9.84. The van der Waals surface area contributed by atoms with Gasteiger partial charge in [0.1, 0.15) is 91.4 Å². The number of amides is 3. The van der Waals surface area contributed by atoms with Gasteiger partial charge < -0.3 is 45.1 Å². The number of fused-ring (bicyclic) bond motifs is 2. The van der Waals surface area contributed by atoms with Crippen molar-refractivity contribution in [1.29, 1.82) is 0 Å². The van der Waals surface area contributed by atoms with Crippen molar-refractivity contribution in [1.82, 2.24) is 59.6 Å². The number of benzene rings is 4. The van der Waals surface area contributed by atoms with Crippen molar-refractivity contribution in [3.63, 3.8) is 0 Å². The minimum Gasteiger partial charge on any atom is -0.505 e. The van der Waals surface area contributed by atoms with E-state index >= 15 is 0 Å². The van der Waals surface area contributed by atoms with Gasteiger partial charge >= 0.3 is 41.2 Å². The van der Waals surface area contributed by atoms with Crippen LogP contribution in [0.1, 0.15) is 83.6 Å². The minimum atomic E-state index is -1.28. The Morgan fingerprint density at radius 2 is 0.821 bits per heavy atom. The van der Waals surface area contributed by atoms with E-state index in [4.69, 9.17) is 18.9 Å². The molecular weight excluding hydrogens is 1020 g/mol. The Morgan fingerprint density at radius 3 is 1.14 bits per heavy atom. The molecule has 26 heteroatoms. The van der Waals surface area contributed by atoms with E-state index in [1.54, 1.807) is 48.5 Å². The van der Waals surface area contributed by atoms with Gasteiger partial charge in [0.05, 0.1) is 0 Å². The van der Waals surface area contributed by atoms with Gasteiger partial charge in [0.25, 0.3) is 0 Å². The topological polar surface area (TPSA) is 326 Å². The molecule has 7 rings (SSSR count). The third-order valence-corrected chi connectivity index (χ3v) is 11.9. The lowest BCUT2D eigenvalue weighted by Gasteiger charge is -2.23. The molecule has 0 spiro atoms. The van der Waals surface area contributed by atoms with Crippen LogP contribution in [0.3, 0.4) is 0 Å². The summed E-state index contributed by atoms with van der Waals surface area (Å²) < 4.78 is 22.0. The first kappa shape index (κ1) is 56.4. The highest BCUT2D eigenvalue weighted by Crippen LogP contribution is 2.38. The molecule has 3 amide bonds. The van der Waals surface area contributed by atoms with Crippen LogP contribution in [-0.2, 0) is 77.0 Å². The second-order valence-corrected chi connectivity index (χ2v) is 19.9. The molecule has 0 radical (unpaired) electrons. The number of phenols is 2. The molecule has 3 heterocycles. The highest BCUT2D eigenvalue weighted by molar-refractivity contribution is 5.75. The number of aromatic nitrogens is 9. The second kappa shape index (κ2) is 24.1. The van der Waals surface area contributed by atoms with Crippen LogP contribution in [-0.4, -0.2) is 110 Å². The molecule has 0 bridgehead atoms. The summed E-state index contributed by atoms with van der Waals surface area (Å²) in [5, 5.41) is 47.1. The van der Waals surface area contributed by atoms with Crippen LogP contribution in [0.2, 0.25) is 0 Å². The molecule has 0 atom stereocenters. The maximum absolute atomic E-state index is 13.4. The van der Waals surface area contributed by atoms with Gasteiger partial charge in [0.2, 0.25) is 5.91 Å². The maximum atomic E-state index is 13.4. The number of rotatable bonds is 20. The Bertz CT molecular complexity index is 3300. The number of alkyl carbamates (subject to hydrolysis) is 2. The van der Waals surface area contributed by atoms with Gasteiger partial charge in [-0.3, -0.25) is 14.4 Å². The Hall–Kier alpha value is -9.36. The van der Waals surface area contributed by atoms with Crippen LogP contribution in [0.25, 0.3) is 33.4 Å². The molecule has 412 valence electrons. The number of carbonyl (C=O) groups excluding carboxylic acids is 5. The number of nitrogens with one attached hydrogen (secondary N) is 3. The largest absolute Gasteiger partial charge is 0.505 e. The molecule has 3 aromatic heterocycles. The van der Waals surface area contributed by atoms with E-state index in [1.807, 2.05) is 65.8 Å². The van der Waals surface area contributed by atoms with Crippen LogP contribution >= 0.6 is 0 Å². The van der Waals surface area contributed by atoms with Gasteiger partial charge in [-0.1, -0.05) is 77.9 Å². The monoisotopic (exact) mass is 1080 g/mol. The fourth-order valence-electron chi connectivity index (χ4n) is 7.91. The molecule has 5 N–H and O–H groups in total. The normalized spacial score (nSPS) is 11.6.